The van der Waals surface area contributed by atoms with E-state index in [2.05, 4.69) is 17.1 Å². The van der Waals surface area contributed by atoms with Crippen molar-refractivity contribution in [2.45, 2.75) is 19.8 Å². The van der Waals surface area contributed by atoms with E-state index in [1.807, 2.05) is 34.1 Å². The first kappa shape index (κ1) is 18.9. The lowest BCUT2D eigenvalue weighted by Gasteiger charge is -2.35. The average Bonchev–Trinajstić information content (AvgIpc) is 2.72. The lowest BCUT2D eigenvalue weighted by atomic mass is 10.1. The summed E-state index contributed by atoms with van der Waals surface area (Å²) in [7, 11) is 0. The standard InChI is InChI=1S/C20H30N4O2/c1-2-17-3-5-18(6-4-17)20(26)24-15-13-22(14-16-24)10-7-19(25)23-11-8-21-9-12-23/h3-6,21H,2,7-16H2,1H3. The minimum absolute atomic E-state index is 0.115. The lowest BCUT2D eigenvalue weighted by molar-refractivity contribution is -0.132. The molecule has 3 rings (SSSR count). The number of piperazine rings is 2. The van der Waals surface area contributed by atoms with Crippen molar-refractivity contribution < 1.29 is 9.59 Å². The Morgan fingerprint density at radius 3 is 2.19 bits per heavy atom. The zero-order valence-electron chi connectivity index (χ0n) is 15.7. The van der Waals surface area contributed by atoms with Crippen molar-refractivity contribution in [1.29, 1.82) is 0 Å². The smallest absolute Gasteiger partial charge is 0.253 e. The van der Waals surface area contributed by atoms with Crippen molar-refractivity contribution >= 4 is 11.8 Å². The Balaban J connectivity index is 1.41. The maximum absolute atomic E-state index is 12.6. The van der Waals surface area contributed by atoms with Crippen LogP contribution in [0.4, 0.5) is 0 Å². The molecule has 0 atom stereocenters. The Kier molecular flexibility index (Phi) is 6.63. The van der Waals surface area contributed by atoms with E-state index >= 15 is 0 Å². The van der Waals surface area contributed by atoms with E-state index in [4.69, 9.17) is 0 Å². The van der Waals surface area contributed by atoms with Crippen LogP contribution in [0, 0.1) is 0 Å². The first-order chi connectivity index (χ1) is 12.7. The second kappa shape index (κ2) is 9.14. The SMILES string of the molecule is CCc1ccc(C(=O)N2CCN(CCC(=O)N3CCNCC3)CC2)cc1. The van der Waals surface area contributed by atoms with Gasteiger partial charge in [-0.1, -0.05) is 19.1 Å². The molecule has 0 aliphatic carbocycles. The Bertz CT molecular complexity index is 603. The highest BCUT2D eigenvalue weighted by Gasteiger charge is 2.23. The number of nitrogens with zero attached hydrogens (tertiary/aromatic N) is 3. The summed E-state index contributed by atoms with van der Waals surface area (Å²) in [6.45, 7) is 9.47. The van der Waals surface area contributed by atoms with E-state index in [0.29, 0.717) is 6.42 Å². The lowest BCUT2D eigenvalue weighted by Crippen LogP contribution is -2.50. The Hall–Kier alpha value is -1.92. The second-order valence-electron chi connectivity index (χ2n) is 7.07. The maximum Gasteiger partial charge on any atom is 0.253 e. The van der Waals surface area contributed by atoms with Crippen molar-refractivity contribution in [1.82, 2.24) is 20.0 Å². The van der Waals surface area contributed by atoms with Crippen molar-refractivity contribution in [3.63, 3.8) is 0 Å². The van der Waals surface area contributed by atoms with Crippen LogP contribution in [0.15, 0.2) is 24.3 Å². The highest BCUT2D eigenvalue weighted by atomic mass is 16.2. The van der Waals surface area contributed by atoms with Gasteiger partial charge in [0.1, 0.15) is 0 Å². The van der Waals surface area contributed by atoms with Crippen LogP contribution in [0.25, 0.3) is 0 Å². The monoisotopic (exact) mass is 358 g/mol. The number of carbonyl (C=O) groups is 2. The fourth-order valence-corrected chi connectivity index (χ4v) is 3.57. The minimum atomic E-state index is 0.115. The van der Waals surface area contributed by atoms with Crippen molar-refractivity contribution in [2.75, 3.05) is 58.9 Å². The number of benzene rings is 1. The van der Waals surface area contributed by atoms with Gasteiger partial charge < -0.3 is 15.1 Å². The van der Waals surface area contributed by atoms with Crippen LogP contribution in [0.5, 0.6) is 0 Å². The molecule has 0 saturated carbocycles. The fourth-order valence-electron chi connectivity index (χ4n) is 3.57. The number of rotatable bonds is 5. The van der Waals surface area contributed by atoms with Crippen LogP contribution in [0.1, 0.15) is 29.3 Å². The van der Waals surface area contributed by atoms with Crippen molar-refractivity contribution in [2.24, 2.45) is 0 Å². The number of amides is 2. The van der Waals surface area contributed by atoms with Crippen LogP contribution >= 0.6 is 0 Å². The molecule has 26 heavy (non-hydrogen) atoms. The summed E-state index contributed by atoms with van der Waals surface area (Å²) in [5.74, 6) is 0.366. The van der Waals surface area contributed by atoms with Gasteiger partial charge in [0.2, 0.25) is 5.91 Å². The van der Waals surface area contributed by atoms with Crippen LogP contribution in [-0.2, 0) is 11.2 Å². The molecular formula is C20H30N4O2. The van der Waals surface area contributed by atoms with Crippen LogP contribution in [0.2, 0.25) is 0 Å². The molecule has 142 valence electrons. The molecule has 0 radical (unpaired) electrons. The molecule has 2 heterocycles. The molecule has 2 saturated heterocycles. The molecule has 6 heteroatoms. The van der Waals surface area contributed by atoms with Gasteiger partial charge in [-0.05, 0) is 24.1 Å². The van der Waals surface area contributed by atoms with Gasteiger partial charge in [0.25, 0.3) is 5.91 Å². The first-order valence-corrected chi connectivity index (χ1v) is 9.76. The molecule has 0 spiro atoms. The van der Waals surface area contributed by atoms with Gasteiger partial charge in [-0.25, -0.2) is 0 Å². The quantitative estimate of drug-likeness (QED) is 0.847. The number of hydrogen-bond donors (Lipinski definition) is 1. The van der Waals surface area contributed by atoms with Gasteiger partial charge >= 0.3 is 0 Å². The van der Waals surface area contributed by atoms with E-state index in [0.717, 1.165) is 70.9 Å². The molecule has 0 unspecified atom stereocenters. The molecule has 2 fully saturated rings. The summed E-state index contributed by atoms with van der Waals surface area (Å²) in [6, 6.07) is 7.93. The highest BCUT2D eigenvalue weighted by Crippen LogP contribution is 2.11. The summed E-state index contributed by atoms with van der Waals surface area (Å²) in [5, 5.41) is 3.27. The largest absolute Gasteiger partial charge is 0.340 e. The Labute approximate surface area is 156 Å². The predicted octanol–water partition coefficient (Wildman–Crippen LogP) is 0.829. The zero-order valence-corrected chi connectivity index (χ0v) is 15.7. The third-order valence-electron chi connectivity index (χ3n) is 5.38. The summed E-state index contributed by atoms with van der Waals surface area (Å²) >= 11 is 0. The summed E-state index contributed by atoms with van der Waals surface area (Å²) in [6.07, 6.45) is 1.56. The fraction of sp³-hybridized carbons (Fsp3) is 0.600. The van der Waals surface area contributed by atoms with Gasteiger partial charge in [0.15, 0.2) is 0 Å². The molecule has 0 aromatic heterocycles. The predicted molar refractivity (Wildman–Crippen MR) is 102 cm³/mol. The number of hydrogen-bond acceptors (Lipinski definition) is 4. The van der Waals surface area contributed by atoms with Crippen LogP contribution in [-0.4, -0.2) is 85.4 Å². The van der Waals surface area contributed by atoms with Crippen molar-refractivity contribution in [3.05, 3.63) is 35.4 Å². The molecule has 2 aliphatic heterocycles. The molecule has 1 N–H and O–H groups in total. The minimum Gasteiger partial charge on any atom is -0.340 e. The molecule has 6 nitrogen and oxygen atoms in total. The molecular weight excluding hydrogens is 328 g/mol. The van der Waals surface area contributed by atoms with Gasteiger partial charge in [0.05, 0.1) is 0 Å². The third kappa shape index (κ3) is 4.83. The van der Waals surface area contributed by atoms with E-state index in [9.17, 15) is 9.59 Å². The van der Waals surface area contributed by atoms with E-state index < -0.39 is 0 Å². The normalized spacial score (nSPS) is 18.8. The molecule has 2 aliphatic rings. The van der Waals surface area contributed by atoms with Gasteiger partial charge in [-0.2, -0.15) is 0 Å². The maximum atomic E-state index is 12.6. The van der Waals surface area contributed by atoms with Crippen LogP contribution < -0.4 is 5.32 Å². The van der Waals surface area contributed by atoms with E-state index in [1.54, 1.807) is 0 Å². The number of nitrogens with one attached hydrogen (secondary N) is 1. The second-order valence-corrected chi connectivity index (χ2v) is 7.07. The van der Waals surface area contributed by atoms with Crippen LogP contribution in [0.3, 0.4) is 0 Å². The number of aryl methyl sites for hydroxylation is 1. The highest BCUT2D eigenvalue weighted by molar-refractivity contribution is 5.94. The molecule has 1 aromatic rings. The topological polar surface area (TPSA) is 55.9 Å². The average molecular weight is 358 g/mol. The van der Waals surface area contributed by atoms with E-state index in [1.165, 1.54) is 5.56 Å². The zero-order chi connectivity index (χ0) is 18.4. The molecule has 2 amide bonds. The number of carbonyl (C=O) groups excluding carboxylic acids is 2. The van der Waals surface area contributed by atoms with Gasteiger partial charge in [-0.15, -0.1) is 0 Å². The molecule has 1 aromatic carbocycles. The van der Waals surface area contributed by atoms with E-state index in [-0.39, 0.29) is 11.8 Å². The van der Waals surface area contributed by atoms with Crippen molar-refractivity contribution in [3.8, 4) is 0 Å². The third-order valence-corrected chi connectivity index (χ3v) is 5.38. The Morgan fingerprint density at radius 1 is 0.923 bits per heavy atom. The van der Waals surface area contributed by atoms with Gasteiger partial charge in [-0.3, -0.25) is 14.5 Å². The summed E-state index contributed by atoms with van der Waals surface area (Å²) < 4.78 is 0. The summed E-state index contributed by atoms with van der Waals surface area (Å²) in [4.78, 5) is 31.1. The van der Waals surface area contributed by atoms with Gasteiger partial charge in [0, 0.05) is 70.9 Å². The molecule has 0 bridgehead atoms. The first-order valence-electron chi connectivity index (χ1n) is 9.76. The summed E-state index contributed by atoms with van der Waals surface area (Å²) in [5.41, 5.74) is 2.02. The Morgan fingerprint density at radius 2 is 1.58 bits per heavy atom.